The quantitative estimate of drug-likeness (QED) is 0.613. The van der Waals surface area contributed by atoms with Crippen molar-refractivity contribution >= 4 is 17.7 Å². The SMILES string of the molecule is COc1cc2ccc1OCC(=O)N[C@@H]1CN(C(=O)C3CCCC3)CC[C@H]1Oc1ccc(cc1)CNC(=O)CC2. The van der Waals surface area contributed by atoms with Crippen LogP contribution < -0.4 is 24.8 Å². The number of nitrogens with one attached hydrogen (secondary N) is 2. The highest BCUT2D eigenvalue weighted by Crippen LogP contribution is 2.30. The summed E-state index contributed by atoms with van der Waals surface area (Å²) in [5.41, 5.74) is 1.90. The van der Waals surface area contributed by atoms with E-state index in [9.17, 15) is 14.4 Å². The van der Waals surface area contributed by atoms with Crippen molar-refractivity contribution < 1.29 is 28.6 Å². The number of piperidine rings is 1. The minimum absolute atomic E-state index is 0.0394. The molecule has 5 aliphatic heterocycles. The highest BCUT2D eigenvalue weighted by molar-refractivity contribution is 5.80. The number of amides is 3. The van der Waals surface area contributed by atoms with Crippen LogP contribution in [-0.2, 0) is 27.3 Å². The summed E-state index contributed by atoms with van der Waals surface area (Å²) >= 11 is 0. The van der Waals surface area contributed by atoms with Crippen molar-refractivity contribution in [3.63, 3.8) is 0 Å². The third-order valence-corrected chi connectivity index (χ3v) is 7.84. The number of methoxy groups -OCH3 is 1. The highest BCUT2D eigenvalue weighted by atomic mass is 16.5. The Morgan fingerprint density at radius 2 is 1.74 bits per heavy atom. The monoisotopic (exact) mass is 535 g/mol. The van der Waals surface area contributed by atoms with Gasteiger partial charge in [0.2, 0.25) is 11.8 Å². The number of benzene rings is 2. The van der Waals surface area contributed by atoms with Crippen molar-refractivity contribution in [2.24, 2.45) is 5.92 Å². The number of nitrogens with zero attached hydrogens (tertiary/aromatic N) is 1. The first kappa shape index (κ1) is 26.8. The number of rotatable bonds is 2. The molecule has 1 saturated carbocycles. The molecule has 0 unspecified atom stereocenters. The molecule has 2 N–H and O–H groups in total. The van der Waals surface area contributed by atoms with Crippen LogP contribution in [-0.4, -0.2) is 61.6 Å². The van der Waals surface area contributed by atoms with Crippen LogP contribution >= 0.6 is 0 Å². The molecule has 0 aromatic heterocycles. The number of carbonyl (C=O) groups excluding carboxylic acids is 3. The van der Waals surface area contributed by atoms with Gasteiger partial charge in [-0.05, 0) is 54.7 Å². The average molecular weight is 536 g/mol. The first-order valence-electron chi connectivity index (χ1n) is 13.9. The van der Waals surface area contributed by atoms with Gasteiger partial charge in [0.05, 0.1) is 13.2 Å². The number of aryl methyl sites for hydroxylation is 1. The Bertz CT molecular complexity index is 1180. The lowest BCUT2D eigenvalue weighted by Crippen LogP contribution is -2.59. The van der Waals surface area contributed by atoms with Gasteiger partial charge >= 0.3 is 0 Å². The van der Waals surface area contributed by atoms with E-state index in [1.54, 1.807) is 13.2 Å². The molecule has 2 aromatic carbocycles. The van der Waals surface area contributed by atoms with Crippen LogP contribution in [0.4, 0.5) is 0 Å². The van der Waals surface area contributed by atoms with Crippen molar-refractivity contribution in [2.45, 2.75) is 63.6 Å². The summed E-state index contributed by atoms with van der Waals surface area (Å²) in [6, 6.07) is 12.7. The largest absolute Gasteiger partial charge is 0.493 e. The summed E-state index contributed by atoms with van der Waals surface area (Å²) < 4.78 is 17.6. The van der Waals surface area contributed by atoms with Crippen LogP contribution in [0, 0.1) is 5.92 Å². The normalized spacial score (nSPS) is 22.7. The Morgan fingerprint density at radius 1 is 0.974 bits per heavy atom. The van der Waals surface area contributed by atoms with Gasteiger partial charge in [-0.2, -0.15) is 0 Å². The molecular weight excluding hydrogens is 498 g/mol. The predicted molar refractivity (Wildman–Crippen MR) is 145 cm³/mol. The number of carbonyl (C=O) groups is 3. The van der Waals surface area contributed by atoms with Crippen LogP contribution in [0.2, 0.25) is 0 Å². The van der Waals surface area contributed by atoms with E-state index in [0.717, 1.165) is 36.8 Å². The Hall–Kier alpha value is -3.75. The standard InChI is InChI=1S/C30H37N3O6/c1-37-27-16-20-8-12-26(27)38-19-29(35)32-24-18-33(30(36)22-4-2-3-5-22)15-14-25(24)39-23-10-6-21(7-11-23)17-31-28(34)13-9-20/h6-8,10-12,16,22,24-25H,2-5,9,13-15,17-19H2,1H3,(H,31,34)(H,32,35)/t24-,25-/m1/s1. The van der Waals surface area contributed by atoms with E-state index < -0.39 is 0 Å². The molecule has 2 atom stereocenters. The van der Waals surface area contributed by atoms with Crippen LogP contribution in [0.5, 0.6) is 17.2 Å². The summed E-state index contributed by atoms with van der Waals surface area (Å²) in [7, 11) is 1.54. The molecule has 9 heteroatoms. The zero-order valence-corrected chi connectivity index (χ0v) is 22.4. The van der Waals surface area contributed by atoms with Crippen molar-refractivity contribution in [3.05, 3.63) is 53.6 Å². The van der Waals surface area contributed by atoms with Gasteiger partial charge in [-0.1, -0.05) is 31.0 Å². The van der Waals surface area contributed by atoms with Gasteiger partial charge in [0.1, 0.15) is 11.9 Å². The minimum atomic E-state index is -0.381. The third-order valence-electron chi connectivity index (χ3n) is 7.84. The molecule has 4 bridgehead atoms. The fraction of sp³-hybridized carbons (Fsp3) is 0.500. The van der Waals surface area contributed by atoms with E-state index in [4.69, 9.17) is 14.2 Å². The van der Waals surface area contributed by atoms with Crippen molar-refractivity contribution in [1.29, 1.82) is 0 Å². The maximum absolute atomic E-state index is 13.2. The summed E-state index contributed by atoms with van der Waals surface area (Å²) in [5, 5.41) is 6.04. The topological polar surface area (TPSA) is 106 Å². The molecule has 39 heavy (non-hydrogen) atoms. The second-order valence-corrected chi connectivity index (χ2v) is 10.6. The lowest BCUT2D eigenvalue weighted by molar-refractivity contribution is -0.139. The third kappa shape index (κ3) is 6.82. The summed E-state index contributed by atoms with van der Waals surface area (Å²) in [6.07, 6.45) is 5.27. The summed E-state index contributed by atoms with van der Waals surface area (Å²) in [5.74, 6) is 1.56. The maximum atomic E-state index is 13.2. The lowest BCUT2D eigenvalue weighted by Gasteiger charge is -2.39. The molecule has 0 spiro atoms. The van der Waals surface area contributed by atoms with E-state index in [-0.39, 0.29) is 42.4 Å². The van der Waals surface area contributed by atoms with Crippen molar-refractivity contribution in [2.75, 3.05) is 26.8 Å². The zero-order valence-electron chi connectivity index (χ0n) is 22.4. The second-order valence-electron chi connectivity index (χ2n) is 10.6. The molecular formula is C30H37N3O6. The Kier molecular flexibility index (Phi) is 8.54. The molecule has 208 valence electrons. The van der Waals surface area contributed by atoms with Crippen LogP contribution in [0.25, 0.3) is 0 Å². The Labute approximate surface area is 229 Å². The van der Waals surface area contributed by atoms with Gasteiger partial charge in [-0.25, -0.2) is 0 Å². The molecule has 9 nitrogen and oxygen atoms in total. The molecule has 2 fully saturated rings. The first-order chi connectivity index (χ1) is 19.0. The number of hydrogen-bond donors (Lipinski definition) is 2. The van der Waals surface area contributed by atoms with Gasteiger partial charge in [0.25, 0.3) is 5.91 Å². The number of hydrogen-bond acceptors (Lipinski definition) is 6. The molecule has 1 saturated heterocycles. The van der Waals surface area contributed by atoms with Crippen LogP contribution in [0.1, 0.15) is 49.7 Å². The number of likely N-dealkylation sites (tertiary alicyclic amines) is 1. The minimum Gasteiger partial charge on any atom is -0.493 e. The number of ether oxygens (including phenoxy) is 3. The van der Waals surface area contributed by atoms with Crippen molar-refractivity contribution in [3.8, 4) is 17.2 Å². The van der Waals surface area contributed by atoms with E-state index in [2.05, 4.69) is 10.6 Å². The highest BCUT2D eigenvalue weighted by Gasteiger charge is 2.37. The van der Waals surface area contributed by atoms with E-state index in [1.807, 2.05) is 41.3 Å². The molecule has 1 aliphatic carbocycles. The lowest BCUT2D eigenvalue weighted by atomic mass is 9.98. The van der Waals surface area contributed by atoms with Crippen LogP contribution in [0.15, 0.2) is 42.5 Å². The molecule has 3 amide bonds. The molecule has 5 heterocycles. The van der Waals surface area contributed by atoms with Gasteiger partial charge in [0.15, 0.2) is 18.1 Å². The van der Waals surface area contributed by atoms with E-state index in [1.165, 1.54) is 0 Å². The summed E-state index contributed by atoms with van der Waals surface area (Å²) in [4.78, 5) is 40.5. The van der Waals surface area contributed by atoms with Gasteiger partial charge in [-0.15, -0.1) is 0 Å². The molecule has 2 aromatic rings. The first-order valence-corrected chi connectivity index (χ1v) is 13.9. The zero-order chi connectivity index (χ0) is 27.2. The Morgan fingerprint density at radius 3 is 2.51 bits per heavy atom. The molecule has 0 radical (unpaired) electrons. The van der Waals surface area contributed by atoms with Gasteiger partial charge in [0, 0.05) is 38.4 Å². The predicted octanol–water partition coefficient (Wildman–Crippen LogP) is 2.99. The second kappa shape index (κ2) is 12.4. The van der Waals surface area contributed by atoms with Crippen LogP contribution in [0.3, 0.4) is 0 Å². The average Bonchev–Trinajstić information content (AvgIpc) is 3.50. The smallest absolute Gasteiger partial charge is 0.258 e. The van der Waals surface area contributed by atoms with Gasteiger partial charge in [-0.3, -0.25) is 14.4 Å². The summed E-state index contributed by atoms with van der Waals surface area (Å²) in [6.45, 7) is 1.21. The van der Waals surface area contributed by atoms with Crippen molar-refractivity contribution in [1.82, 2.24) is 15.5 Å². The van der Waals surface area contributed by atoms with Gasteiger partial charge < -0.3 is 29.7 Å². The fourth-order valence-electron chi connectivity index (χ4n) is 5.63. The molecule has 8 rings (SSSR count). The Balaban J connectivity index is 1.35. The van der Waals surface area contributed by atoms with E-state index >= 15 is 0 Å². The fourth-order valence-corrected chi connectivity index (χ4v) is 5.63. The molecule has 6 aliphatic rings. The maximum Gasteiger partial charge on any atom is 0.258 e. The van der Waals surface area contributed by atoms with E-state index in [0.29, 0.717) is 56.1 Å².